The van der Waals surface area contributed by atoms with Gasteiger partial charge in [-0.05, 0) is 26.0 Å². The summed E-state index contributed by atoms with van der Waals surface area (Å²) < 4.78 is 0.807. The van der Waals surface area contributed by atoms with Gasteiger partial charge >= 0.3 is 0 Å². The van der Waals surface area contributed by atoms with Gasteiger partial charge in [-0.2, -0.15) is 0 Å². The smallest absolute Gasteiger partial charge is 0.113 e. The average Bonchev–Trinajstić information content (AvgIpc) is 2.50. The van der Waals surface area contributed by atoms with Crippen LogP contribution in [-0.2, 0) is 13.1 Å². The lowest BCUT2D eigenvalue weighted by atomic mass is 10.1. The van der Waals surface area contributed by atoms with Crippen LogP contribution in [0.2, 0.25) is 0 Å². The Morgan fingerprint density at radius 1 is 0.667 bits per heavy atom. The van der Waals surface area contributed by atoms with Crippen molar-refractivity contribution >= 4 is 0 Å². The molecule has 0 saturated carbocycles. The molecule has 0 fully saturated rings. The first-order chi connectivity index (χ1) is 10.3. The summed E-state index contributed by atoms with van der Waals surface area (Å²) in [7, 11) is 0. The molecule has 0 saturated heterocycles. The number of hydrogen-bond donors (Lipinski definition) is 0. The van der Waals surface area contributed by atoms with Gasteiger partial charge in [-0.1, -0.05) is 60.7 Å². The molecule has 0 aliphatic rings. The fourth-order valence-electron chi connectivity index (χ4n) is 2.76. The third-order valence-corrected chi connectivity index (χ3v) is 3.53. The highest BCUT2D eigenvalue weighted by molar-refractivity contribution is 5.16. The Morgan fingerprint density at radius 3 is 1.38 bits per heavy atom. The molecule has 1 nitrogen and oxygen atoms in total. The molecule has 0 amide bonds. The van der Waals surface area contributed by atoms with Gasteiger partial charge in [0.15, 0.2) is 0 Å². The number of rotatable bonds is 6. The third kappa shape index (κ3) is 4.44. The van der Waals surface area contributed by atoms with Crippen molar-refractivity contribution in [3.05, 3.63) is 96.3 Å². The lowest BCUT2D eigenvalue weighted by Gasteiger charge is -2.31. The number of quaternary nitrogens is 1. The average molecular weight is 278 g/mol. The van der Waals surface area contributed by atoms with Crippen LogP contribution in [0.25, 0.3) is 0 Å². The van der Waals surface area contributed by atoms with Gasteiger partial charge in [0.1, 0.15) is 13.1 Å². The van der Waals surface area contributed by atoms with Gasteiger partial charge in [0.25, 0.3) is 0 Å². The highest BCUT2D eigenvalue weighted by Gasteiger charge is 2.22. The monoisotopic (exact) mass is 278 g/mol. The van der Waals surface area contributed by atoms with Crippen molar-refractivity contribution in [1.82, 2.24) is 0 Å². The van der Waals surface area contributed by atoms with Crippen molar-refractivity contribution in [1.29, 1.82) is 0 Å². The molecule has 2 aromatic carbocycles. The Morgan fingerprint density at radius 2 is 1.05 bits per heavy atom. The Balaban J connectivity index is 2.33. The standard InChI is InChI=1S/C20H24N/c1-3-15-21(16-4-2,17-19-11-7-5-8-12-19)18-20-13-9-6-10-14-20/h3-16H,17-18H2,1-2H3/q+1/b15-3-,16-4+. The Labute approximate surface area is 128 Å². The number of hydrogen-bond acceptors (Lipinski definition) is 0. The topological polar surface area (TPSA) is 0 Å². The van der Waals surface area contributed by atoms with Crippen LogP contribution >= 0.6 is 0 Å². The van der Waals surface area contributed by atoms with E-state index in [0.29, 0.717) is 0 Å². The molecular formula is C20H24N+. The van der Waals surface area contributed by atoms with Crippen LogP contribution in [0.5, 0.6) is 0 Å². The summed E-state index contributed by atoms with van der Waals surface area (Å²) in [6, 6.07) is 21.4. The van der Waals surface area contributed by atoms with Gasteiger partial charge in [-0.25, -0.2) is 0 Å². The van der Waals surface area contributed by atoms with Crippen LogP contribution < -0.4 is 0 Å². The van der Waals surface area contributed by atoms with Gasteiger partial charge < -0.3 is 0 Å². The first-order valence-corrected chi connectivity index (χ1v) is 7.50. The quantitative estimate of drug-likeness (QED) is 0.631. The lowest BCUT2D eigenvalue weighted by Crippen LogP contribution is -2.35. The summed E-state index contributed by atoms with van der Waals surface area (Å²) in [5.74, 6) is 0. The largest absolute Gasteiger partial charge is 0.264 e. The van der Waals surface area contributed by atoms with Crippen LogP contribution in [0.3, 0.4) is 0 Å². The Hall–Kier alpha value is -2.12. The second-order valence-electron chi connectivity index (χ2n) is 5.36. The second-order valence-corrected chi connectivity index (χ2v) is 5.36. The summed E-state index contributed by atoms with van der Waals surface area (Å²) in [4.78, 5) is 0. The zero-order valence-corrected chi connectivity index (χ0v) is 12.9. The maximum Gasteiger partial charge on any atom is 0.113 e. The maximum absolute atomic E-state index is 2.28. The molecule has 2 rings (SSSR count). The molecule has 0 spiro atoms. The molecular weight excluding hydrogens is 254 g/mol. The van der Waals surface area contributed by atoms with Gasteiger partial charge in [-0.3, -0.25) is 4.48 Å². The van der Waals surface area contributed by atoms with E-state index in [0.717, 1.165) is 17.6 Å². The van der Waals surface area contributed by atoms with Crippen LogP contribution in [0.15, 0.2) is 85.2 Å². The predicted molar refractivity (Wildman–Crippen MR) is 90.2 cm³/mol. The molecule has 0 aliphatic heterocycles. The summed E-state index contributed by atoms with van der Waals surface area (Å²) in [6.45, 7) is 6.10. The normalized spacial score (nSPS) is 12.3. The Bertz CT molecular complexity index is 526. The fraction of sp³-hybridized carbons (Fsp3) is 0.200. The fourth-order valence-corrected chi connectivity index (χ4v) is 2.76. The highest BCUT2D eigenvalue weighted by atomic mass is 15.3. The first-order valence-electron chi connectivity index (χ1n) is 7.50. The molecule has 0 bridgehead atoms. The molecule has 108 valence electrons. The van der Waals surface area contributed by atoms with E-state index < -0.39 is 0 Å². The zero-order valence-electron chi connectivity index (χ0n) is 12.9. The molecule has 2 aromatic rings. The van der Waals surface area contributed by atoms with Crippen LogP contribution in [0, 0.1) is 0 Å². The van der Waals surface area contributed by atoms with E-state index in [9.17, 15) is 0 Å². The SMILES string of the molecule is C/C=C\[N+](/C=C/C)(Cc1ccccc1)Cc1ccccc1. The van der Waals surface area contributed by atoms with Crippen molar-refractivity contribution in [2.24, 2.45) is 0 Å². The molecule has 1 heteroatoms. The van der Waals surface area contributed by atoms with E-state index >= 15 is 0 Å². The minimum atomic E-state index is 0.807. The molecule has 0 aliphatic carbocycles. The number of allylic oxidation sites excluding steroid dienone is 2. The van der Waals surface area contributed by atoms with Crippen LogP contribution in [0.4, 0.5) is 0 Å². The molecule has 0 unspecified atom stereocenters. The lowest BCUT2D eigenvalue weighted by molar-refractivity contribution is -0.856. The summed E-state index contributed by atoms with van der Waals surface area (Å²) in [5.41, 5.74) is 2.70. The summed E-state index contributed by atoms with van der Waals surface area (Å²) in [5, 5.41) is 0. The molecule has 0 N–H and O–H groups in total. The Kier molecular flexibility index (Phi) is 5.53. The molecule has 0 radical (unpaired) electrons. The van der Waals surface area contributed by atoms with Crippen molar-refractivity contribution in [3.63, 3.8) is 0 Å². The maximum atomic E-state index is 2.28. The highest BCUT2D eigenvalue weighted by Crippen LogP contribution is 2.22. The predicted octanol–water partition coefficient (Wildman–Crippen LogP) is 5.27. The van der Waals surface area contributed by atoms with Crippen molar-refractivity contribution < 1.29 is 4.48 Å². The van der Waals surface area contributed by atoms with Gasteiger partial charge in [0.2, 0.25) is 0 Å². The summed E-state index contributed by atoms with van der Waals surface area (Å²) in [6.07, 6.45) is 8.84. The van der Waals surface area contributed by atoms with Crippen LogP contribution in [0.1, 0.15) is 25.0 Å². The molecule has 21 heavy (non-hydrogen) atoms. The van der Waals surface area contributed by atoms with E-state index in [1.165, 1.54) is 11.1 Å². The van der Waals surface area contributed by atoms with Gasteiger partial charge in [0, 0.05) is 11.1 Å². The third-order valence-electron chi connectivity index (χ3n) is 3.53. The van der Waals surface area contributed by atoms with Crippen molar-refractivity contribution in [2.45, 2.75) is 26.9 Å². The van der Waals surface area contributed by atoms with Gasteiger partial charge in [-0.15, -0.1) is 0 Å². The van der Waals surface area contributed by atoms with E-state index in [1.807, 2.05) is 0 Å². The number of benzene rings is 2. The molecule has 0 heterocycles. The van der Waals surface area contributed by atoms with E-state index in [2.05, 4.69) is 99.1 Å². The minimum absolute atomic E-state index is 0.807. The van der Waals surface area contributed by atoms with E-state index in [1.54, 1.807) is 0 Å². The first kappa shape index (κ1) is 15.3. The molecule has 0 aromatic heterocycles. The van der Waals surface area contributed by atoms with E-state index in [-0.39, 0.29) is 0 Å². The van der Waals surface area contributed by atoms with Crippen LogP contribution in [-0.4, -0.2) is 4.48 Å². The second kappa shape index (κ2) is 7.61. The van der Waals surface area contributed by atoms with Crippen molar-refractivity contribution in [2.75, 3.05) is 0 Å². The number of nitrogens with zero attached hydrogens (tertiary/aromatic N) is 1. The van der Waals surface area contributed by atoms with Gasteiger partial charge in [0.05, 0.1) is 12.4 Å². The minimum Gasteiger partial charge on any atom is -0.264 e. The summed E-state index contributed by atoms with van der Waals surface area (Å²) >= 11 is 0. The molecule has 0 atom stereocenters. The van der Waals surface area contributed by atoms with Crippen molar-refractivity contribution in [3.8, 4) is 0 Å². The zero-order chi connectivity index (χ0) is 15.0. The van der Waals surface area contributed by atoms with E-state index in [4.69, 9.17) is 0 Å².